The third kappa shape index (κ3) is 6.60. The number of hydrogen-bond acceptors (Lipinski definition) is 5. The fraction of sp³-hybridized carbons (Fsp3) is 0.458. The normalized spacial score (nSPS) is 19.8. The van der Waals surface area contributed by atoms with Crippen molar-refractivity contribution in [1.29, 1.82) is 0 Å². The molecule has 0 aliphatic heterocycles. The SMILES string of the molecule is NC(CCCCB(O)O)(C(=O)O)C1CC(NCc2ccc(-c3ccc(C(F)(F)F)cc3)cc2)C1. The average Bonchev–Trinajstić information content (AvgIpc) is 2.75. The molecule has 34 heavy (non-hydrogen) atoms. The summed E-state index contributed by atoms with van der Waals surface area (Å²) in [6, 6.07) is 12.8. The van der Waals surface area contributed by atoms with Crippen LogP contribution in [0.15, 0.2) is 48.5 Å². The van der Waals surface area contributed by atoms with Gasteiger partial charge in [-0.3, -0.25) is 4.79 Å². The first-order valence-corrected chi connectivity index (χ1v) is 11.4. The third-order valence-corrected chi connectivity index (χ3v) is 6.66. The topological polar surface area (TPSA) is 116 Å². The molecule has 3 rings (SSSR count). The Labute approximate surface area is 197 Å². The molecule has 0 heterocycles. The monoisotopic (exact) mass is 478 g/mol. The second kappa shape index (κ2) is 10.9. The van der Waals surface area contributed by atoms with Crippen molar-refractivity contribution in [3.8, 4) is 11.1 Å². The van der Waals surface area contributed by atoms with E-state index in [1.54, 1.807) is 0 Å². The molecule has 6 nitrogen and oxygen atoms in total. The molecule has 0 spiro atoms. The van der Waals surface area contributed by atoms with Crippen molar-refractivity contribution < 1.29 is 33.1 Å². The summed E-state index contributed by atoms with van der Waals surface area (Å²) in [4.78, 5) is 11.8. The first kappa shape index (κ1) is 26.2. The molecule has 0 bridgehead atoms. The highest BCUT2D eigenvalue weighted by atomic mass is 19.4. The van der Waals surface area contributed by atoms with Gasteiger partial charge in [-0.15, -0.1) is 0 Å². The van der Waals surface area contributed by atoms with E-state index in [9.17, 15) is 23.1 Å². The fourth-order valence-electron chi connectivity index (χ4n) is 4.36. The molecule has 1 unspecified atom stereocenters. The Balaban J connectivity index is 1.47. The summed E-state index contributed by atoms with van der Waals surface area (Å²) in [6.07, 6.45) is -1.56. The zero-order chi connectivity index (χ0) is 24.9. The number of rotatable bonds is 11. The van der Waals surface area contributed by atoms with Crippen molar-refractivity contribution in [3.63, 3.8) is 0 Å². The van der Waals surface area contributed by atoms with Crippen LogP contribution in [0.4, 0.5) is 13.2 Å². The minimum Gasteiger partial charge on any atom is -0.480 e. The first-order valence-electron chi connectivity index (χ1n) is 11.4. The Morgan fingerprint density at radius 1 is 1.00 bits per heavy atom. The van der Waals surface area contributed by atoms with Crippen LogP contribution in [0.5, 0.6) is 0 Å². The zero-order valence-electron chi connectivity index (χ0n) is 18.8. The molecule has 0 aromatic heterocycles. The van der Waals surface area contributed by atoms with E-state index in [2.05, 4.69) is 5.32 Å². The molecule has 0 amide bonds. The maximum absolute atomic E-state index is 12.7. The summed E-state index contributed by atoms with van der Waals surface area (Å²) in [5.74, 6) is -1.18. The van der Waals surface area contributed by atoms with Gasteiger partial charge in [0.15, 0.2) is 0 Å². The van der Waals surface area contributed by atoms with Crippen molar-refractivity contribution in [1.82, 2.24) is 5.32 Å². The van der Waals surface area contributed by atoms with Crippen LogP contribution in [0, 0.1) is 5.92 Å². The van der Waals surface area contributed by atoms with E-state index in [-0.39, 0.29) is 24.7 Å². The Bertz CT molecular complexity index is 948. The van der Waals surface area contributed by atoms with Gasteiger partial charge >= 0.3 is 19.3 Å². The van der Waals surface area contributed by atoms with Crippen LogP contribution < -0.4 is 11.1 Å². The smallest absolute Gasteiger partial charge is 0.451 e. The molecule has 2 aromatic carbocycles. The van der Waals surface area contributed by atoms with Crippen molar-refractivity contribution >= 4 is 13.1 Å². The van der Waals surface area contributed by atoms with Crippen LogP contribution in [-0.2, 0) is 17.5 Å². The second-order valence-electron chi connectivity index (χ2n) is 9.09. The summed E-state index contributed by atoms with van der Waals surface area (Å²) < 4.78 is 38.2. The second-order valence-corrected chi connectivity index (χ2v) is 9.09. The number of carboxylic acid groups (broad SMARTS) is 1. The zero-order valence-corrected chi connectivity index (χ0v) is 18.8. The molecule has 2 aromatic rings. The van der Waals surface area contributed by atoms with E-state index in [0.717, 1.165) is 23.3 Å². The number of carbonyl (C=O) groups is 1. The number of hydrogen-bond donors (Lipinski definition) is 5. The molecule has 10 heteroatoms. The molecule has 1 atom stereocenters. The fourth-order valence-corrected chi connectivity index (χ4v) is 4.36. The molecule has 1 saturated carbocycles. The van der Waals surface area contributed by atoms with Gasteiger partial charge in [0.2, 0.25) is 0 Å². The van der Waals surface area contributed by atoms with E-state index < -0.39 is 30.4 Å². The summed E-state index contributed by atoms with van der Waals surface area (Å²) in [7, 11) is -1.39. The molecular weight excluding hydrogens is 448 g/mol. The molecule has 1 aliphatic carbocycles. The number of alkyl halides is 3. The highest BCUT2D eigenvalue weighted by Crippen LogP contribution is 2.38. The van der Waals surface area contributed by atoms with E-state index in [1.165, 1.54) is 12.1 Å². The van der Waals surface area contributed by atoms with Crippen LogP contribution in [-0.4, -0.2) is 39.8 Å². The van der Waals surface area contributed by atoms with Crippen LogP contribution in [0.25, 0.3) is 11.1 Å². The van der Waals surface area contributed by atoms with E-state index in [1.807, 2.05) is 24.3 Å². The predicted molar refractivity (Wildman–Crippen MR) is 124 cm³/mol. The Hall–Kier alpha value is -2.40. The van der Waals surface area contributed by atoms with Crippen molar-refractivity contribution in [3.05, 3.63) is 59.7 Å². The summed E-state index contributed by atoms with van der Waals surface area (Å²) in [5.41, 5.74) is 6.77. The molecule has 0 saturated heterocycles. The van der Waals surface area contributed by atoms with Gasteiger partial charge in [0, 0.05) is 12.6 Å². The van der Waals surface area contributed by atoms with E-state index >= 15 is 0 Å². The lowest BCUT2D eigenvalue weighted by atomic mass is 9.66. The van der Waals surface area contributed by atoms with E-state index in [0.29, 0.717) is 37.8 Å². The lowest BCUT2D eigenvalue weighted by molar-refractivity contribution is -0.148. The first-order chi connectivity index (χ1) is 16.0. The van der Waals surface area contributed by atoms with Crippen LogP contribution >= 0.6 is 0 Å². The van der Waals surface area contributed by atoms with Gasteiger partial charge in [0.25, 0.3) is 0 Å². The minimum absolute atomic E-state index is 0.149. The number of nitrogens with one attached hydrogen (secondary N) is 1. The number of carboxylic acids is 1. The number of aliphatic carboxylic acids is 1. The Morgan fingerprint density at radius 3 is 2.06 bits per heavy atom. The number of halogens is 3. The molecular formula is C24H30BF3N2O4. The highest BCUT2D eigenvalue weighted by Gasteiger charge is 2.48. The van der Waals surface area contributed by atoms with Gasteiger partial charge in [-0.1, -0.05) is 49.2 Å². The standard InChI is InChI=1S/C24H30BF3N2O4/c26-24(27,28)19-9-7-18(8-10-19)17-5-3-16(4-6-17)15-30-21-13-20(14-21)23(29,22(31)32)11-1-2-12-25(33)34/h3-10,20-21,30,33-34H,1-2,11-15,29H2,(H,31,32). The lowest BCUT2D eigenvalue weighted by Crippen LogP contribution is -2.61. The Kier molecular flexibility index (Phi) is 8.40. The van der Waals surface area contributed by atoms with Crippen molar-refractivity contribution in [2.45, 2.75) is 62.7 Å². The maximum Gasteiger partial charge on any atom is 0.451 e. The van der Waals surface area contributed by atoms with Gasteiger partial charge in [-0.2, -0.15) is 13.2 Å². The minimum atomic E-state index is -4.36. The largest absolute Gasteiger partial charge is 0.480 e. The van der Waals surface area contributed by atoms with Gasteiger partial charge in [0.05, 0.1) is 5.56 Å². The van der Waals surface area contributed by atoms with Gasteiger partial charge in [-0.05, 0) is 60.3 Å². The molecule has 1 aliphatic rings. The number of unbranched alkanes of at least 4 members (excludes halogenated alkanes) is 1. The Morgan fingerprint density at radius 2 is 1.56 bits per heavy atom. The predicted octanol–water partition coefficient (Wildman–Crippen LogP) is 3.67. The van der Waals surface area contributed by atoms with Gasteiger partial charge in [0.1, 0.15) is 5.54 Å². The third-order valence-electron chi connectivity index (χ3n) is 6.66. The number of benzene rings is 2. The van der Waals surface area contributed by atoms with Crippen molar-refractivity contribution in [2.75, 3.05) is 0 Å². The molecule has 1 fully saturated rings. The van der Waals surface area contributed by atoms with Gasteiger partial charge in [-0.25, -0.2) is 0 Å². The average molecular weight is 478 g/mol. The summed E-state index contributed by atoms with van der Waals surface area (Å²) in [6.45, 7) is 0.587. The molecule has 6 N–H and O–H groups in total. The lowest BCUT2D eigenvalue weighted by Gasteiger charge is -2.45. The maximum atomic E-state index is 12.7. The molecule has 184 valence electrons. The quantitative estimate of drug-likeness (QED) is 0.249. The van der Waals surface area contributed by atoms with Crippen LogP contribution in [0.3, 0.4) is 0 Å². The van der Waals surface area contributed by atoms with Crippen LogP contribution in [0.2, 0.25) is 6.32 Å². The van der Waals surface area contributed by atoms with E-state index in [4.69, 9.17) is 15.8 Å². The van der Waals surface area contributed by atoms with Crippen molar-refractivity contribution in [2.24, 2.45) is 11.7 Å². The van der Waals surface area contributed by atoms with Gasteiger partial charge < -0.3 is 26.2 Å². The summed E-state index contributed by atoms with van der Waals surface area (Å²) >= 11 is 0. The number of nitrogens with two attached hydrogens (primary N) is 1. The summed E-state index contributed by atoms with van der Waals surface area (Å²) in [5, 5.41) is 30.9. The van der Waals surface area contributed by atoms with Crippen LogP contribution in [0.1, 0.15) is 43.2 Å². The molecule has 0 radical (unpaired) electrons. The highest BCUT2D eigenvalue weighted by molar-refractivity contribution is 6.40.